The van der Waals surface area contributed by atoms with Crippen molar-refractivity contribution in [1.82, 2.24) is 0 Å². The van der Waals surface area contributed by atoms with Crippen LogP contribution in [0.2, 0.25) is 0 Å². The quantitative estimate of drug-likeness (QED) is 0.884. The Bertz CT molecular complexity index is 422. The summed E-state index contributed by atoms with van der Waals surface area (Å²) >= 11 is 0. The van der Waals surface area contributed by atoms with Crippen LogP contribution in [0.15, 0.2) is 18.2 Å². The third-order valence-corrected chi connectivity index (χ3v) is 2.50. The second-order valence-electron chi connectivity index (χ2n) is 5.15. The molecule has 1 atom stereocenters. The van der Waals surface area contributed by atoms with E-state index in [1.54, 1.807) is 20.8 Å². The molecule has 94 valence electrons. The molecule has 0 bridgehead atoms. The fourth-order valence-electron chi connectivity index (χ4n) is 1.45. The van der Waals surface area contributed by atoms with Gasteiger partial charge in [0.15, 0.2) is 5.78 Å². The maximum absolute atomic E-state index is 13.3. The van der Waals surface area contributed by atoms with Crippen LogP contribution < -0.4 is 0 Å². The lowest BCUT2D eigenvalue weighted by molar-refractivity contribution is -0.131. The van der Waals surface area contributed by atoms with E-state index in [2.05, 4.69) is 0 Å². The first-order valence-electron chi connectivity index (χ1n) is 5.36. The summed E-state index contributed by atoms with van der Waals surface area (Å²) in [6, 6.07) is 2.94. The van der Waals surface area contributed by atoms with Gasteiger partial charge in [-0.05, 0) is 29.2 Å². The van der Waals surface area contributed by atoms with Crippen molar-refractivity contribution in [3.63, 3.8) is 0 Å². The predicted octanol–water partition coefficient (Wildman–Crippen LogP) is 2.48. The molecule has 1 N–H and O–H groups in total. The van der Waals surface area contributed by atoms with Crippen LogP contribution in [0.4, 0.5) is 8.78 Å². The van der Waals surface area contributed by atoms with E-state index in [0.717, 1.165) is 18.2 Å². The van der Waals surface area contributed by atoms with E-state index in [1.165, 1.54) is 0 Å². The fourth-order valence-corrected chi connectivity index (χ4v) is 1.45. The van der Waals surface area contributed by atoms with Gasteiger partial charge < -0.3 is 5.11 Å². The Balaban J connectivity index is 2.85. The maximum Gasteiger partial charge on any atom is 0.166 e. The number of aliphatic hydroxyl groups excluding tert-OH is 1. The molecule has 0 aliphatic heterocycles. The van der Waals surface area contributed by atoms with Gasteiger partial charge in [-0.25, -0.2) is 8.78 Å². The highest BCUT2D eigenvalue weighted by Gasteiger charge is 2.29. The zero-order valence-electron chi connectivity index (χ0n) is 10.1. The third-order valence-electron chi connectivity index (χ3n) is 2.50. The van der Waals surface area contributed by atoms with E-state index >= 15 is 0 Å². The number of ketones is 1. The third kappa shape index (κ3) is 3.60. The molecule has 0 aromatic heterocycles. The zero-order valence-corrected chi connectivity index (χ0v) is 10.1. The summed E-state index contributed by atoms with van der Waals surface area (Å²) in [5, 5.41) is 9.71. The van der Waals surface area contributed by atoms with Gasteiger partial charge in [0.25, 0.3) is 0 Å². The van der Waals surface area contributed by atoms with Crippen LogP contribution in [0.1, 0.15) is 26.3 Å². The first-order chi connectivity index (χ1) is 7.71. The van der Waals surface area contributed by atoms with Crippen LogP contribution in [-0.4, -0.2) is 17.0 Å². The summed E-state index contributed by atoms with van der Waals surface area (Å²) in [7, 11) is 0. The standard InChI is InChI=1S/C13H16F2O2/c1-13(2,3)12(17)11(16)7-8-6-9(14)4-5-10(8)15/h4-6,12,17H,7H2,1-3H3. The number of rotatable bonds is 3. The van der Waals surface area contributed by atoms with Crippen LogP contribution in [0.25, 0.3) is 0 Å². The average molecular weight is 242 g/mol. The minimum Gasteiger partial charge on any atom is -0.385 e. The number of carbonyl (C=O) groups excluding carboxylic acids is 1. The highest BCUT2D eigenvalue weighted by molar-refractivity contribution is 5.85. The number of benzene rings is 1. The lowest BCUT2D eigenvalue weighted by Crippen LogP contribution is -2.35. The Morgan fingerprint density at radius 1 is 1.35 bits per heavy atom. The molecular formula is C13H16F2O2. The highest BCUT2D eigenvalue weighted by atomic mass is 19.1. The van der Waals surface area contributed by atoms with Gasteiger partial charge in [0.05, 0.1) is 0 Å². The summed E-state index contributed by atoms with van der Waals surface area (Å²) in [4.78, 5) is 11.7. The van der Waals surface area contributed by atoms with E-state index in [-0.39, 0.29) is 12.0 Å². The van der Waals surface area contributed by atoms with E-state index in [1.807, 2.05) is 0 Å². The van der Waals surface area contributed by atoms with Gasteiger partial charge in [0.2, 0.25) is 0 Å². The minimum atomic E-state index is -1.19. The summed E-state index contributed by atoms with van der Waals surface area (Å²) in [6.45, 7) is 5.12. The summed E-state index contributed by atoms with van der Waals surface area (Å²) in [6.07, 6.45) is -1.49. The summed E-state index contributed by atoms with van der Waals surface area (Å²) in [5.74, 6) is -1.75. The highest BCUT2D eigenvalue weighted by Crippen LogP contribution is 2.21. The molecule has 0 spiro atoms. The van der Waals surface area contributed by atoms with Crippen molar-refractivity contribution in [2.75, 3.05) is 0 Å². The molecular weight excluding hydrogens is 226 g/mol. The van der Waals surface area contributed by atoms with Gasteiger partial charge in [-0.1, -0.05) is 20.8 Å². The van der Waals surface area contributed by atoms with Crippen LogP contribution in [0, 0.1) is 17.0 Å². The van der Waals surface area contributed by atoms with Gasteiger partial charge in [-0.3, -0.25) is 4.79 Å². The topological polar surface area (TPSA) is 37.3 Å². The molecule has 4 heteroatoms. The number of carbonyl (C=O) groups is 1. The normalized spacial score (nSPS) is 13.5. The number of hydrogen-bond donors (Lipinski definition) is 1. The lowest BCUT2D eigenvalue weighted by Gasteiger charge is -2.24. The Morgan fingerprint density at radius 3 is 2.47 bits per heavy atom. The van der Waals surface area contributed by atoms with Gasteiger partial charge in [0, 0.05) is 6.42 Å². The van der Waals surface area contributed by atoms with Crippen LogP contribution in [0.5, 0.6) is 0 Å². The second kappa shape index (κ2) is 4.92. The van der Waals surface area contributed by atoms with Crippen LogP contribution in [0.3, 0.4) is 0 Å². The van der Waals surface area contributed by atoms with Crippen LogP contribution >= 0.6 is 0 Å². The molecule has 0 fully saturated rings. The number of aliphatic hydroxyl groups is 1. The molecule has 1 aromatic carbocycles. The molecule has 1 unspecified atom stereocenters. The van der Waals surface area contributed by atoms with Crippen LogP contribution in [-0.2, 0) is 11.2 Å². The van der Waals surface area contributed by atoms with Crippen molar-refractivity contribution < 1.29 is 18.7 Å². The number of Topliss-reactive ketones (excluding diaryl/α,β-unsaturated/α-hetero) is 1. The number of halogens is 2. The molecule has 0 aliphatic rings. The fraction of sp³-hybridized carbons (Fsp3) is 0.462. The largest absolute Gasteiger partial charge is 0.385 e. The Morgan fingerprint density at radius 2 is 1.94 bits per heavy atom. The Labute approximate surface area is 99.3 Å². The molecule has 0 amide bonds. The molecule has 0 radical (unpaired) electrons. The molecule has 1 rings (SSSR count). The molecule has 0 saturated carbocycles. The Hall–Kier alpha value is -1.29. The molecule has 1 aromatic rings. The second-order valence-corrected chi connectivity index (χ2v) is 5.15. The van der Waals surface area contributed by atoms with Crippen molar-refractivity contribution in [1.29, 1.82) is 0 Å². The zero-order chi connectivity index (χ0) is 13.2. The minimum absolute atomic E-state index is 0.0294. The number of hydrogen-bond acceptors (Lipinski definition) is 2. The molecule has 17 heavy (non-hydrogen) atoms. The first kappa shape index (κ1) is 13.8. The van der Waals surface area contributed by atoms with Crippen molar-refractivity contribution in [2.24, 2.45) is 5.41 Å². The average Bonchev–Trinajstić information content (AvgIpc) is 2.21. The van der Waals surface area contributed by atoms with Crippen molar-refractivity contribution in [3.8, 4) is 0 Å². The monoisotopic (exact) mass is 242 g/mol. The molecule has 0 heterocycles. The van der Waals surface area contributed by atoms with E-state index in [4.69, 9.17) is 0 Å². The van der Waals surface area contributed by atoms with E-state index in [0.29, 0.717) is 0 Å². The van der Waals surface area contributed by atoms with Gasteiger partial charge >= 0.3 is 0 Å². The summed E-state index contributed by atoms with van der Waals surface area (Å²) < 4.78 is 26.2. The molecule has 2 nitrogen and oxygen atoms in total. The SMILES string of the molecule is CC(C)(C)C(O)C(=O)Cc1cc(F)ccc1F. The summed E-state index contributed by atoms with van der Waals surface area (Å²) in [5.41, 5.74) is -0.640. The molecule has 0 aliphatic carbocycles. The van der Waals surface area contributed by atoms with Gasteiger partial charge in [0.1, 0.15) is 17.7 Å². The van der Waals surface area contributed by atoms with Crippen molar-refractivity contribution >= 4 is 5.78 Å². The predicted molar refractivity (Wildman–Crippen MR) is 60.5 cm³/mol. The van der Waals surface area contributed by atoms with Crippen molar-refractivity contribution in [3.05, 3.63) is 35.4 Å². The smallest absolute Gasteiger partial charge is 0.166 e. The van der Waals surface area contributed by atoms with E-state index in [9.17, 15) is 18.7 Å². The Kier molecular flexibility index (Phi) is 3.98. The lowest BCUT2D eigenvalue weighted by atomic mass is 9.85. The molecule has 0 saturated heterocycles. The van der Waals surface area contributed by atoms with Gasteiger partial charge in [-0.15, -0.1) is 0 Å². The van der Waals surface area contributed by atoms with Crippen molar-refractivity contribution in [2.45, 2.75) is 33.3 Å². The first-order valence-corrected chi connectivity index (χ1v) is 5.36. The maximum atomic E-state index is 13.3. The van der Waals surface area contributed by atoms with Gasteiger partial charge in [-0.2, -0.15) is 0 Å². The van der Waals surface area contributed by atoms with E-state index < -0.39 is 28.9 Å².